The van der Waals surface area contributed by atoms with Crippen molar-refractivity contribution in [3.05, 3.63) is 58.6 Å². The SMILES string of the molecule is CCOCCCNC(=O)CN(c1cc(Cl)ccc1Cl)S(=O)(=O)c1ccccc1. The third-order valence-electron chi connectivity index (χ3n) is 3.79. The zero-order valence-corrected chi connectivity index (χ0v) is 17.7. The number of hydrogen-bond acceptors (Lipinski definition) is 4. The third-order valence-corrected chi connectivity index (χ3v) is 6.12. The largest absolute Gasteiger partial charge is 0.382 e. The highest BCUT2D eigenvalue weighted by molar-refractivity contribution is 7.92. The minimum absolute atomic E-state index is 0.0511. The molecule has 6 nitrogen and oxygen atoms in total. The van der Waals surface area contributed by atoms with Crippen molar-refractivity contribution in [3.8, 4) is 0 Å². The summed E-state index contributed by atoms with van der Waals surface area (Å²) in [5.74, 6) is -0.452. The number of benzene rings is 2. The van der Waals surface area contributed by atoms with Crippen LogP contribution in [0.5, 0.6) is 0 Å². The number of carbonyl (C=O) groups is 1. The molecule has 0 saturated heterocycles. The van der Waals surface area contributed by atoms with Crippen LogP contribution in [-0.2, 0) is 19.6 Å². The van der Waals surface area contributed by atoms with E-state index in [0.29, 0.717) is 31.2 Å². The van der Waals surface area contributed by atoms with Gasteiger partial charge in [-0.2, -0.15) is 0 Å². The number of rotatable bonds is 10. The first-order valence-electron chi connectivity index (χ1n) is 8.73. The van der Waals surface area contributed by atoms with Crippen molar-refractivity contribution in [1.29, 1.82) is 0 Å². The lowest BCUT2D eigenvalue weighted by Gasteiger charge is -2.25. The molecule has 0 aromatic heterocycles. The lowest BCUT2D eigenvalue weighted by atomic mass is 10.3. The lowest BCUT2D eigenvalue weighted by Crippen LogP contribution is -2.41. The maximum atomic E-state index is 13.2. The maximum absolute atomic E-state index is 13.2. The first kappa shape index (κ1) is 22.5. The standard InChI is InChI=1S/C19H22Cl2N2O4S/c1-2-27-12-6-11-22-19(24)14-23(18-13-15(20)9-10-17(18)21)28(25,26)16-7-4-3-5-8-16/h3-5,7-10,13H,2,6,11-12,14H2,1H3,(H,22,24). The van der Waals surface area contributed by atoms with Crippen molar-refractivity contribution >= 4 is 44.8 Å². The van der Waals surface area contributed by atoms with Crippen LogP contribution in [0.25, 0.3) is 0 Å². The number of amides is 1. The summed E-state index contributed by atoms with van der Waals surface area (Å²) < 4.78 is 32.5. The summed E-state index contributed by atoms with van der Waals surface area (Å²) in [5, 5.41) is 3.18. The molecule has 0 heterocycles. The van der Waals surface area contributed by atoms with E-state index in [1.165, 1.54) is 24.3 Å². The Bertz CT molecular complexity index is 892. The number of carbonyl (C=O) groups excluding carboxylic acids is 1. The summed E-state index contributed by atoms with van der Waals surface area (Å²) in [6.45, 7) is 2.96. The number of ether oxygens (including phenoxy) is 1. The zero-order valence-electron chi connectivity index (χ0n) is 15.4. The Morgan fingerprint density at radius 1 is 1.14 bits per heavy atom. The molecule has 9 heteroatoms. The first-order valence-corrected chi connectivity index (χ1v) is 10.9. The number of nitrogens with zero attached hydrogens (tertiary/aromatic N) is 1. The van der Waals surface area contributed by atoms with E-state index in [4.69, 9.17) is 27.9 Å². The molecule has 1 N–H and O–H groups in total. The Balaban J connectivity index is 2.27. The van der Waals surface area contributed by atoms with Gasteiger partial charge in [0.2, 0.25) is 5.91 Å². The van der Waals surface area contributed by atoms with Gasteiger partial charge in [-0.1, -0.05) is 41.4 Å². The Morgan fingerprint density at radius 2 is 1.86 bits per heavy atom. The van der Waals surface area contributed by atoms with Crippen molar-refractivity contribution < 1.29 is 17.9 Å². The molecular weight excluding hydrogens is 423 g/mol. The lowest BCUT2D eigenvalue weighted by molar-refractivity contribution is -0.119. The van der Waals surface area contributed by atoms with E-state index in [1.807, 2.05) is 6.92 Å². The van der Waals surface area contributed by atoms with Gasteiger partial charge in [0.1, 0.15) is 6.54 Å². The van der Waals surface area contributed by atoms with Crippen LogP contribution in [-0.4, -0.2) is 40.6 Å². The van der Waals surface area contributed by atoms with Crippen molar-refractivity contribution in [1.82, 2.24) is 5.32 Å². The second-order valence-electron chi connectivity index (χ2n) is 5.82. The topological polar surface area (TPSA) is 75.7 Å². The minimum atomic E-state index is -4.02. The van der Waals surface area contributed by atoms with Gasteiger partial charge in [-0.15, -0.1) is 0 Å². The molecule has 0 spiro atoms. The molecule has 0 aliphatic carbocycles. The number of halogens is 2. The average Bonchev–Trinajstić information content (AvgIpc) is 2.68. The van der Waals surface area contributed by atoms with Crippen LogP contribution in [0.3, 0.4) is 0 Å². The molecule has 0 aliphatic rings. The summed E-state index contributed by atoms with van der Waals surface area (Å²) >= 11 is 12.2. The second kappa shape index (κ2) is 10.7. The van der Waals surface area contributed by atoms with Gasteiger partial charge < -0.3 is 10.1 Å². The Kier molecular flexibility index (Phi) is 8.57. The molecule has 1 amide bonds. The highest BCUT2D eigenvalue weighted by atomic mass is 35.5. The summed E-state index contributed by atoms with van der Waals surface area (Å²) in [6.07, 6.45) is 0.628. The fraction of sp³-hybridized carbons (Fsp3) is 0.316. The van der Waals surface area contributed by atoms with Gasteiger partial charge in [0.05, 0.1) is 15.6 Å². The van der Waals surface area contributed by atoms with E-state index in [-0.39, 0.29) is 15.6 Å². The fourth-order valence-corrected chi connectivity index (χ4v) is 4.32. The zero-order chi connectivity index (χ0) is 20.6. The van der Waals surface area contributed by atoms with Gasteiger partial charge >= 0.3 is 0 Å². The highest BCUT2D eigenvalue weighted by Crippen LogP contribution is 2.32. The van der Waals surface area contributed by atoms with Gasteiger partial charge in [-0.05, 0) is 43.7 Å². The molecule has 2 aromatic carbocycles. The summed E-state index contributed by atoms with van der Waals surface area (Å²) in [4.78, 5) is 12.5. The minimum Gasteiger partial charge on any atom is -0.382 e. The van der Waals surface area contributed by atoms with Crippen LogP contribution in [0.1, 0.15) is 13.3 Å². The average molecular weight is 445 g/mol. The Morgan fingerprint density at radius 3 is 2.54 bits per heavy atom. The summed E-state index contributed by atoms with van der Waals surface area (Å²) in [6, 6.07) is 12.3. The van der Waals surface area contributed by atoms with Crippen molar-refractivity contribution in [2.24, 2.45) is 0 Å². The molecule has 0 radical (unpaired) electrons. The molecular formula is C19H22Cl2N2O4S. The molecule has 2 aromatic rings. The van der Waals surface area contributed by atoms with Crippen LogP contribution < -0.4 is 9.62 Å². The first-order chi connectivity index (χ1) is 13.4. The van der Waals surface area contributed by atoms with Gasteiger partial charge in [0.25, 0.3) is 10.0 Å². The Hall–Kier alpha value is -1.80. The summed E-state index contributed by atoms with van der Waals surface area (Å²) in [7, 11) is -4.02. The van der Waals surface area contributed by atoms with E-state index >= 15 is 0 Å². The van der Waals surface area contributed by atoms with E-state index < -0.39 is 22.5 Å². The van der Waals surface area contributed by atoms with Gasteiger partial charge in [0.15, 0.2) is 0 Å². The number of anilines is 1. The normalized spacial score (nSPS) is 11.2. The molecule has 0 fully saturated rings. The monoisotopic (exact) mass is 444 g/mol. The predicted molar refractivity (Wildman–Crippen MR) is 112 cm³/mol. The molecule has 2 rings (SSSR count). The highest BCUT2D eigenvalue weighted by Gasteiger charge is 2.28. The predicted octanol–water partition coefficient (Wildman–Crippen LogP) is 3.73. The van der Waals surface area contributed by atoms with Crippen LogP contribution in [0, 0.1) is 0 Å². The van der Waals surface area contributed by atoms with Crippen molar-refractivity contribution in [3.63, 3.8) is 0 Å². The van der Waals surface area contributed by atoms with Gasteiger partial charge in [-0.25, -0.2) is 8.42 Å². The van der Waals surface area contributed by atoms with Crippen LogP contribution in [0.2, 0.25) is 10.0 Å². The molecule has 0 atom stereocenters. The smallest absolute Gasteiger partial charge is 0.264 e. The molecule has 0 saturated carbocycles. The molecule has 152 valence electrons. The molecule has 0 aliphatic heterocycles. The van der Waals surface area contributed by atoms with E-state index in [2.05, 4.69) is 5.32 Å². The van der Waals surface area contributed by atoms with E-state index in [9.17, 15) is 13.2 Å². The second-order valence-corrected chi connectivity index (χ2v) is 8.53. The molecule has 0 bridgehead atoms. The third kappa shape index (κ3) is 6.10. The van der Waals surface area contributed by atoms with Crippen LogP contribution in [0.15, 0.2) is 53.4 Å². The molecule has 28 heavy (non-hydrogen) atoms. The molecule has 0 unspecified atom stereocenters. The maximum Gasteiger partial charge on any atom is 0.264 e. The van der Waals surface area contributed by atoms with Gasteiger partial charge in [0, 0.05) is 24.8 Å². The van der Waals surface area contributed by atoms with Crippen molar-refractivity contribution in [2.75, 3.05) is 30.6 Å². The summed E-state index contributed by atoms with van der Waals surface area (Å²) in [5.41, 5.74) is 0.141. The van der Waals surface area contributed by atoms with Gasteiger partial charge in [-0.3, -0.25) is 9.10 Å². The number of nitrogens with one attached hydrogen (secondary N) is 1. The van der Waals surface area contributed by atoms with E-state index in [1.54, 1.807) is 24.3 Å². The van der Waals surface area contributed by atoms with Crippen LogP contribution >= 0.6 is 23.2 Å². The number of hydrogen-bond donors (Lipinski definition) is 1. The number of sulfonamides is 1. The fourth-order valence-electron chi connectivity index (χ4n) is 2.43. The van der Waals surface area contributed by atoms with E-state index in [0.717, 1.165) is 4.31 Å². The van der Waals surface area contributed by atoms with Crippen LogP contribution in [0.4, 0.5) is 5.69 Å². The Labute approximate surface area is 175 Å². The quantitative estimate of drug-likeness (QED) is 0.566. The van der Waals surface area contributed by atoms with Crippen molar-refractivity contribution in [2.45, 2.75) is 18.2 Å².